The molecule has 3 nitrogen and oxygen atoms in total. The Morgan fingerprint density at radius 2 is 2.00 bits per heavy atom. The number of carbonyl (C=O) groups is 1. The third kappa shape index (κ3) is 3.35. The normalized spacial score (nSPS) is 10.2. The number of aromatic carboxylic acids is 1. The molecule has 4 heteroatoms. The van der Waals surface area contributed by atoms with Crippen LogP contribution in [0.2, 0.25) is 0 Å². The third-order valence-corrected chi connectivity index (χ3v) is 3.40. The minimum atomic E-state index is -0.898. The first kappa shape index (κ1) is 13.6. The largest absolute Gasteiger partial charge is 0.478 e. The molecule has 0 saturated heterocycles. The Morgan fingerprint density at radius 3 is 2.68 bits per heavy atom. The van der Waals surface area contributed by atoms with Gasteiger partial charge >= 0.3 is 5.97 Å². The molecule has 0 unspecified atom stereocenters. The van der Waals surface area contributed by atoms with Gasteiger partial charge in [-0.05, 0) is 42.3 Å². The highest BCUT2D eigenvalue weighted by Gasteiger charge is 2.08. The van der Waals surface area contributed by atoms with Crippen molar-refractivity contribution in [2.75, 3.05) is 5.32 Å². The number of nitrogens with one attached hydrogen (secondary N) is 1. The van der Waals surface area contributed by atoms with E-state index in [0.717, 1.165) is 21.3 Å². The molecule has 0 bridgehead atoms. The van der Waals surface area contributed by atoms with E-state index in [-0.39, 0.29) is 0 Å². The van der Waals surface area contributed by atoms with Gasteiger partial charge in [0.1, 0.15) is 0 Å². The molecule has 0 aromatic heterocycles. The summed E-state index contributed by atoms with van der Waals surface area (Å²) in [7, 11) is 0. The molecular weight excluding hydrogens is 306 g/mol. The predicted octanol–water partition coefficient (Wildman–Crippen LogP) is 4.07. The van der Waals surface area contributed by atoms with Gasteiger partial charge in [-0.1, -0.05) is 34.1 Å². The fourth-order valence-electron chi connectivity index (χ4n) is 1.90. The van der Waals surface area contributed by atoms with Gasteiger partial charge in [0.05, 0.1) is 5.56 Å². The van der Waals surface area contributed by atoms with Crippen LogP contribution in [-0.2, 0) is 6.54 Å². The highest BCUT2D eigenvalue weighted by atomic mass is 79.9. The summed E-state index contributed by atoms with van der Waals surface area (Å²) >= 11 is 3.42. The molecule has 0 aliphatic carbocycles. The van der Waals surface area contributed by atoms with E-state index < -0.39 is 5.97 Å². The van der Waals surface area contributed by atoms with E-state index in [1.165, 1.54) is 0 Å². The van der Waals surface area contributed by atoms with E-state index in [1.807, 2.05) is 37.3 Å². The maximum absolute atomic E-state index is 11.1. The molecule has 0 amide bonds. The zero-order chi connectivity index (χ0) is 13.8. The lowest BCUT2D eigenvalue weighted by Gasteiger charge is -2.11. The van der Waals surface area contributed by atoms with Crippen molar-refractivity contribution < 1.29 is 9.90 Å². The molecule has 0 spiro atoms. The summed E-state index contributed by atoms with van der Waals surface area (Å²) in [5, 5.41) is 12.4. The summed E-state index contributed by atoms with van der Waals surface area (Å²) in [6.07, 6.45) is 0. The Kier molecular flexibility index (Phi) is 4.22. The van der Waals surface area contributed by atoms with Gasteiger partial charge in [-0.25, -0.2) is 4.79 Å². The molecule has 2 N–H and O–H groups in total. The van der Waals surface area contributed by atoms with Crippen molar-refractivity contribution in [2.24, 2.45) is 0 Å². The monoisotopic (exact) mass is 319 g/mol. The van der Waals surface area contributed by atoms with E-state index in [9.17, 15) is 4.79 Å². The molecule has 0 aliphatic heterocycles. The van der Waals surface area contributed by atoms with Crippen LogP contribution in [0.5, 0.6) is 0 Å². The predicted molar refractivity (Wildman–Crippen MR) is 79.6 cm³/mol. The molecular formula is C15H14BrNO2. The number of rotatable bonds is 4. The Labute approximate surface area is 120 Å². The van der Waals surface area contributed by atoms with Gasteiger partial charge < -0.3 is 10.4 Å². The van der Waals surface area contributed by atoms with Crippen molar-refractivity contribution in [3.05, 3.63) is 63.6 Å². The Hall–Kier alpha value is -1.81. The van der Waals surface area contributed by atoms with Gasteiger partial charge in [0.2, 0.25) is 0 Å². The molecule has 98 valence electrons. The number of anilines is 1. The fraction of sp³-hybridized carbons (Fsp3) is 0.133. The van der Waals surface area contributed by atoms with Gasteiger partial charge in [-0.3, -0.25) is 0 Å². The van der Waals surface area contributed by atoms with Crippen molar-refractivity contribution >= 4 is 27.6 Å². The molecule has 2 rings (SSSR count). The Balaban J connectivity index is 2.17. The van der Waals surface area contributed by atoms with Crippen LogP contribution in [-0.4, -0.2) is 11.1 Å². The molecule has 0 atom stereocenters. The quantitative estimate of drug-likeness (QED) is 0.893. The first-order valence-electron chi connectivity index (χ1n) is 5.89. The average molecular weight is 320 g/mol. The van der Waals surface area contributed by atoms with Gasteiger partial charge in [0.15, 0.2) is 0 Å². The van der Waals surface area contributed by atoms with E-state index in [4.69, 9.17) is 5.11 Å². The van der Waals surface area contributed by atoms with Gasteiger partial charge in [-0.2, -0.15) is 0 Å². The standard InChI is InChI=1S/C15H14BrNO2/c1-10-8-12(16)6-7-14(10)17-9-11-4-2-3-5-13(11)15(18)19/h2-8,17H,9H2,1H3,(H,18,19). The highest BCUT2D eigenvalue weighted by Crippen LogP contribution is 2.21. The third-order valence-electron chi connectivity index (χ3n) is 2.91. The maximum atomic E-state index is 11.1. The second-order valence-corrected chi connectivity index (χ2v) is 5.19. The summed E-state index contributed by atoms with van der Waals surface area (Å²) in [5.74, 6) is -0.898. The smallest absolute Gasteiger partial charge is 0.336 e. The van der Waals surface area contributed by atoms with Crippen molar-refractivity contribution in [3.63, 3.8) is 0 Å². The van der Waals surface area contributed by atoms with Crippen molar-refractivity contribution in [1.29, 1.82) is 0 Å². The van der Waals surface area contributed by atoms with E-state index in [1.54, 1.807) is 12.1 Å². The van der Waals surface area contributed by atoms with Gasteiger partial charge in [-0.15, -0.1) is 0 Å². The maximum Gasteiger partial charge on any atom is 0.336 e. The van der Waals surface area contributed by atoms with E-state index in [2.05, 4.69) is 21.2 Å². The number of hydrogen-bond acceptors (Lipinski definition) is 2. The van der Waals surface area contributed by atoms with Crippen LogP contribution in [0.3, 0.4) is 0 Å². The lowest BCUT2D eigenvalue weighted by atomic mass is 10.1. The molecule has 2 aromatic carbocycles. The van der Waals surface area contributed by atoms with Crippen LogP contribution >= 0.6 is 15.9 Å². The number of aryl methyl sites for hydroxylation is 1. The molecule has 0 saturated carbocycles. The van der Waals surface area contributed by atoms with E-state index >= 15 is 0 Å². The van der Waals surface area contributed by atoms with Crippen molar-refractivity contribution in [2.45, 2.75) is 13.5 Å². The molecule has 0 aliphatic rings. The number of benzene rings is 2. The van der Waals surface area contributed by atoms with Crippen LogP contribution in [0.1, 0.15) is 21.5 Å². The van der Waals surface area contributed by atoms with Crippen molar-refractivity contribution in [1.82, 2.24) is 0 Å². The zero-order valence-corrected chi connectivity index (χ0v) is 12.1. The average Bonchev–Trinajstić information content (AvgIpc) is 2.38. The molecule has 2 aromatic rings. The second-order valence-electron chi connectivity index (χ2n) is 4.28. The van der Waals surface area contributed by atoms with Crippen LogP contribution < -0.4 is 5.32 Å². The molecule has 0 heterocycles. The minimum Gasteiger partial charge on any atom is -0.478 e. The summed E-state index contributed by atoms with van der Waals surface area (Å²) in [6.45, 7) is 2.50. The zero-order valence-electron chi connectivity index (χ0n) is 10.5. The highest BCUT2D eigenvalue weighted by molar-refractivity contribution is 9.10. The number of halogens is 1. The first-order valence-corrected chi connectivity index (χ1v) is 6.68. The number of carboxylic acid groups (broad SMARTS) is 1. The SMILES string of the molecule is Cc1cc(Br)ccc1NCc1ccccc1C(=O)O. The summed E-state index contributed by atoms with van der Waals surface area (Å²) in [6, 6.07) is 13.0. The van der Waals surface area contributed by atoms with Crippen molar-refractivity contribution in [3.8, 4) is 0 Å². The summed E-state index contributed by atoms with van der Waals surface area (Å²) < 4.78 is 1.03. The lowest BCUT2D eigenvalue weighted by molar-refractivity contribution is 0.0696. The van der Waals surface area contributed by atoms with Gasteiger partial charge in [0, 0.05) is 16.7 Å². The Morgan fingerprint density at radius 1 is 1.26 bits per heavy atom. The summed E-state index contributed by atoms with van der Waals surface area (Å²) in [4.78, 5) is 11.1. The van der Waals surface area contributed by atoms with Gasteiger partial charge in [0.25, 0.3) is 0 Å². The number of carboxylic acids is 1. The Bertz CT molecular complexity index is 611. The fourth-order valence-corrected chi connectivity index (χ4v) is 2.37. The molecule has 0 fully saturated rings. The summed E-state index contributed by atoms with van der Waals surface area (Å²) in [5.41, 5.74) is 3.23. The van der Waals surface area contributed by atoms with Crippen LogP contribution in [0.25, 0.3) is 0 Å². The van der Waals surface area contributed by atoms with Crippen LogP contribution in [0.15, 0.2) is 46.9 Å². The molecule has 0 radical (unpaired) electrons. The molecule has 19 heavy (non-hydrogen) atoms. The van der Waals surface area contributed by atoms with E-state index in [0.29, 0.717) is 12.1 Å². The lowest BCUT2D eigenvalue weighted by Crippen LogP contribution is -2.07. The van der Waals surface area contributed by atoms with Crippen LogP contribution in [0, 0.1) is 6.92 Å². The topological polar surface area (TPSA) is 49.3 Å². The number of hydrogen-bond donors (Lipinski definition) is 2. The second kappa shape index (κ2) is 5.89. The minimum absolute atomic E-state index is 0.338. The first-order chi connectivity index (χ1) is 9.08. The van der Waals surface area contributed by atoms with Crippen LogP contribution in [0.4, 0.5) is 5.69 Å².